The van der Waals surface area contributed by atoms with Crippen molar-refractivity contribution in [3.63, 3.8) is 0 Å². The number of benzene rings is 2. The van der Waals surface area contributed by atoms with Gasteiger partial charge in [-0.25, -0.2) is 4.79 Å². The molecule has 0 fully saturated rings. The maximum atomic E-state index is 12.1. The first-order valence-corrected chi connectivity index (χ1v) is 9.52. The predicted octanol–water partition coefficient (Wildman–Crippen LogP) is 5.36. The molecule has 2 aromatic carbocycles. The summed E-state index contributed by atoms with van der Waals surface area (Å²) in [5, 5.41) is 5.76. The van der Waals surface area contributed by atoms with Gasteiger partial charge in [0.1, 0.15) is 0 Å². The molecule has 2 N–H and O–H groups in total. The summed E-state index contributed by atoms with van der Waals surface area (Å²) in [6, 6.07) is 14.2. The van der Waals surface area contributed by atoms with Crippen LogP contribution in [-0.2, 0) is 12.8 Å². The van der Waals surface area contributed by atoms with E-state index in [0.717, 1.165) is 22.0 Å². The van der Waals surface area contributed by atoms with Crippen LogP contribution in [0.1, 0.15) is 48.1 Å². The molecule has 0 spiro atoms. The molecular weight excluding hydrogens is 376 g/mol. The summed E-state index contributed by atoms with van der Waals surface area (Å²) in [6.45, 7) is 2.02. The van der Waals surface area contributed by atoms with Crippen LogP contribution in [0.3, 0.4) is 0 Å². The maximum absolute atomic E-state index is 12.1. The van der Waals surface area contributed by atoms with Crippen LogP contribution in [0, 0.1) is 0 Å². The second-order valence-corrected chi connectivity index (χ2v) is 7.28. The highest BCUT2D eigenvalue weighted by atomic mass is 79.9. The Balaban J connectivity index is 1.56. The van der Waals surface area contributed by atoms with Crippen molar-refractivity contribution >= 4 is 28.0 Å². The molecule has 0 heterocycles. The van der Waals surface area contributed by atoms with Gasteiger partial charge < -0.3 is 10.6 Å². The molecule has 3 nitrogen and oxygen atoms in total. The number of fused-ring (bicyclic) bond motifs is 1. The van der Waals surface area contributed by atoms with Crippen LogP contribution in [0.2, 0.25) is 0 Å². The van der Waals surface area contributed by atoms with Gasteiger partial charge in [-0.15, -0.1) is 0 Å². The van der Waals surface area contributed by atoms with Gasteiger partial charge in [0.2, 0.25) is 0 Å². The number of nitrogens with one attached hydrogen (secondary N) is 2. The molecule has 4 heteroatoms. The Morgan fingerprint density at radius 2 is 1.88 bits per heavy atom. The summed E-state index contributed by atoms with van der Waals surface area (Å²) < 4.78 is 0.996. The van der Waals surface area contributed by atoms with Crippen molar-refractivity contribution in [3.8, 4) is 0 Å². The molecule has 0 radical (unpaired) electrons. The lowest BCUT2D eigenvalue weighted by Crippen LogP contribution is -2.34. The van der Waals surface area contributed by atoms with Gasteiger partial charge in [0, 0.05) is 10.7 Å². The first kappa shape index (κ1) is 17.7. The highest BCUT2D eigenvalue weighted by Crippen LogP contribution is 2.24. The molecule has 2 amide bonds. The summed E-state index contributed by atoms with van der Waals surface area (Å²) in [5.74, 6) is 0. The molecule has 25 heavy (non-hydrogen) atoms. The maximum Gasteiger partial charge on any atom is 0.319 e. The quantitative estimate of drug-likeness (QED) is 0.714. The van der Waals surface area contributed by atoms with Gasteiger partial charge in [-0.05, 0) is 67.0 Å². The Kier molecular flexibility index (Phi) is 5.92. The number of amides is 2. The van der Waals surface area contributed by atoms with E-state index in [0.29, 0.717) is 0 Å². The Morgan fingerprint density at radius 1 is 1.12 bits per heavy atom. The number of urea groups is 1. The zero-order valence-corrected chi connectivity index (χ0v) is 16.0. The molecule has 0 bridgehead atoms. The van der Waals surface area contributed by atoms with E-state index in [-0.39, 0.29) is 12.1 Å². The molecule has 3 rings (SSSR count). The molecule has 1 aliphatic rings. The van der Waals surface area contributed by atoms with Crippen LogP contribution in [-0.4, -0.2) is 6.03 Å². The van der Waals surface area contributed by atoms with Gasteiger partial charge in [0.15, 0.2) is 0 Å². The number of carbonyl (C=O) groups is 1. The Labute approximate surface area is 157 Å². The number of aryl methyl sites for hydroxylation is 2. The van der Waals surface area contributed by atoms with E-state index < -0.39 is 0 Å². The molecule has 0 saturated heterocycles. The molecule has 0 saturated carbocycles. The van der Waals surface area contributed by atoms with E-state index in [9.17, 15) is 4.79 Å². The molecule has 130 valence electrons. The number of hydrogen-bond donors (Lipinski definition) is 2. The van der Waals surface area contributed by atoms with Crippen LogP contribution in [0.4, 0.5) is 4.79 Å². The number of rotatable bonds is 4. The topological polar surface area (TPSA) is 41.1 Å². The van der Waals surface area contributed by atoms with Crippen molar-refractivity contribution < 1.29 is 4.79 Å². The summed E-state index contributed by atoms with van der Waals surface area (Å²) in [5.41, 5.74) is 5.07. The second-order valence-electron chi connectivity index (χ2n) is 6.43. The first-order chi connectivity index (χ1) is 12.1. The Morgan fingerprint density at radius 3 is 2.68 bits per heavy atom. The smallest absolute Gasteiger partial charge is 0.319 e. The second kappa shape index (κ2) is 8.34. The van der Waals surface area contributed by atoms with Crippen molar-refractivity contribution in [1.29, 1.82) is 0 Å². The molecule has 1 aliphatic carbocycles. The number of hydrogen-bond acceptors (Lipinski definition) is 1. The van der Waals surface area contributed by atoms with Crippen LogP contribution >= 0.6 is 15.9 Å². The SMILES string of the molecule is CC(NC(=O)N/C=C/c1ccccc1Br)c1ccc2c(c1)CCCC2. The van der Waals surface area contributed by atoms with Gasteiger partial charge >= 0.3 is 6.03 Å². The van der Waals surface area contributed by atoms with E-state index in [4.69, 9.17) is 0 Å². The summed E-state index contributed by atoms with van der Waals surface area (Å²) in [7, 11) is 0. The predicted molar refractivity (Wildman–Crippen MR) is 106 cm³/mol. The van der Waals surface area contributed by atoms with Gasteiger partial charge in [-0.2, -0.15) is 0 Å². The van der Waals surface area contributed by atoms with Crippen LogP contribution in [0.5, 0.6) is 0 Å². The highest BCUT2D eigenvalue weighted by Gasteiger charge is 2.13. The fourth-order valence-corrected chi connectivity index (χ4v) is 3.58. The van der Waals surface area contributed by atoms with E-state index in [1.807, 2.05) is 37.3 Å². The Bertz CT molecular complexity index is 785. The number of halogens is 1. The lowest BCUT2D eigenvalue weighted by atomic mass is 9.89. The third kappa shape index (κ3) is 4.73. The van der Waals surface area contributed by atoms with Crippen molar-refractivity contribution in [1.82, 2.24) is 10.6 Å². The monoisotopic (exact) mass is 398 g/mol. The van der Waals surface area contributed by atoms with Gasteiger partial charge in [-0.3, -0.25) is 0 Å². The minimum absolute atomic E-state index is 0.0240. The van der Waals surface area contributed by atoms with Gasteiger partial charge in [0.05, 0.1) is 6.04 Å². The third-order valence-corrected chi connectivity index (χ3v) is 5.32. The molecule has 0 aliphatic heterocycles. The summed E-state index contributed by atoms with van der Waals surface area (Å²) in [6.07, 6.45) is 8.40. The van der Waals surface area contributed by atoms with Crippen molar-refractivity contribution in [3.05, 3.63) is 75.4 Å². The fraction of sp³-hybridized carbons (Fsp3) is 0.286. The first-order valence-electron chi connectivity index (χ1n) is 8.73. The highest BCUT2D eigenvalue weighted by molar-refractivity contribution is 9.10. The Hall–Kier alpha value is -2.07. The normalized spacial score (nSPS) is 14.8. The zero-order chi connectivity index (χ0) is 17.6. The third-order valence-electron chi connectivity index (χ3n) is 4.60. The average Bonchev–Trinajstić information content (AvgIpc) is 2.63. The van der Waals surface area contributed by atoms with E-state index in [2.05, 4.69) is 44.8 Å². The zero-order valence-electron chi connectivity index (χ0n) is 14.4. The van der Waals surface area contributed by atoms with Crippen LogP contribution in [0.15, 0.2) is 53.1 Å². The molecular formula is C21H23BrN2O. The van der Waals surface area contributed by atoms with Crippen LogP contribution in [0.25, 0.3) is 6.08 Å². The van der Waals surface area contributed by atoms with E-state index >= 15 is 0 Å². The van der Waals surface area contributed by atoms with Gasteiger partial charge in [-0.1, -0.05) is 52.3 Å². The largest absolute Gasteiger partial charge is 0.331 e. The van der Waals surface area contributed by atoms with Gasteiger partial charge in [0.25, 0.3) is 0 Å². The van der Waals surface area contributed by atoms with Crippen molar-refractivity contribution in [2.24, 2.45) is 0 Å². The van der Waals surface area contributed by atoms with Crippen LogP contribution < -0.4 is 10.6 Å². The lowest BCUT2D eigenvalue weighted by Gasteiger charge is -2.20. The molecule has 1 unspecified atom stereocenters. The lowest BCUT2D eigenvalue weighted by molar-refractivity contribution is 0.241. The minimum Gasteiger partial charge on any atom is -0.331 e. The summed E-state index contributed by atoms with van der Waals surface area (Å²) >= 11 is 3.48. The van der Waals surface area contributed by atoms with Crippen molar-refractivity contribution in [2.45, 2.75) is 38.6 Å². The summed E-state index contributed by atoms with van der Waals surface area (Å²) in [4.78, 5) is 12.1. The molecule has 0 aromatic heterocycles. The van der Waals surface area contributed by atoms with E-state index in [1.54, 1.807) is 6.20 Å². The minimum atomic E-state index is -0.200. The average molecular weight is 399 g/mol. The molecule has 1 atom stereocenters. The standard InChI is InChI=1S/C21H23BrN2O/c1-15(18-11-10-16-6-2-3-8-19(16)14-18)24-21(25)23-13-12-17-7-4-5-9-20(17)22/h4-5,7,9-15H,2-3,6,8H2,1H3,(H2,23,24,25)/b13-12+. The van der Waals surface area contributed by atoms with E-state index in [1.165, 1.54) is 30.4 Å². The number of carbonyl (C=O) groups excluding carboxylic acids is 1. The molecule has 2 aromatic rings. The van der Waals surface area contributed by atoms with Crippen molar-refractivity contribution in [2.75, 3.05) is 0 Å². The fourth-order valence-electron chi connectivity index (χ4n) is 3.16.